The lowest BCUT2D eigenvalue weighted by Gasteiger charge is -2.06. The highest BCUT2D eigenvalue weighted by atomic mass is 16.6. The molecule has 0 spiro atoms. The summed E-state index contributed by atoms with van der Waals surface area (Å²) in [5.41, 5.74) is 0.971. The minimum Gasteiger partial charge on any atom is -0.481 e. The van der Waals surface area contributed by atoms with Crippen LogP contribution in [0.25, 0.3) is 0 Å². The predicted molar refractivity (Wildman–Crippen MR) is 66.8 cm³/mol. The molecule has 0 aromatic heterocycles. The zero-order chi connectivity index (χ0) is 14.4. The normalized spacial score (nSPS) is 9.95. The van der Waals surface area contributed by atoms with E-state index in [9.17, 15) is 19.7 Å². The molecule has 1 rings (SSSR count). The van der Waals surface area contributed by atoms with Crippen LogP contribution in [0.15, 0.2) is 18.2 Å². The number of nitrogens with one attached hydrogen (secondary N) is 1. The molecule has 0 aliphatic carbocycles. The fourth-order valence-electron chi connectivity index (χ4n) is 1.60. The molecule has 7 nitrogen and oxygen atoms in total. The maximum atomic E-state index is 11.6. The van der Waals surface area contributed by atoms with Crippen LogP contribution in [0.3, 0.4) is 0 Å². The molecule has 0 aliphatic heterocycles. The van der Waals surface area contributed by atoms with E-state index >= 15 is 0 Å². The summed E-state index contributed by atoms with van der Waals surface area (Å²) in [6.45, 7) is 1.63. The molecule has 0 heterocycles. The third-order valence-electron chi connectivity index (χ3n) is 2.63. The highest BCUT2D eigenvalue weighted by Gasteiger charge is 2.15. The Labute approximate surface area is 109 Å². The zero-order valence-electron chi connectivity index (χ0n) is 10.4. The number of rotatable bonds is 6. The number of nitrogens with zero attached hydrogens (tertiary/aromatic N) is 1. The number of nitro benzene ring substituents is 1. The van der Waals surface area contributed by atoms with Gasteiger partial charge >= 0.3 is 5.97 Å². The van der Waals surface area contributed by atoms with E-state index in [-0.39, 0.29) is 31.0 Å². The van der Waals surface area contributed by atoms with E-state index in [4.69, 9.17) is 5.11 Å². The first kappa shape index (κ1) is 14.6. The van der Waals surface area contributed by atoms with Gasteiger partial charge in [-0.25, -0.2) is 0 Å². The van der Waals surface area contributed by atoms with E-state index in [2.05, 4.69) is 5.32 Å². The molecule has 0 unspecified atom stereocenters. The second kappa shape index (κ2) is 6.48. The molecule has 2 N–H and O–H groups in total. The Morgan fingerprint density at radius 1 is 1.42 bits per heavy atom. The topological polar surface area (TPSA) is 110 Å². The number of carboxylic acids is 1. The van der Waals surface area contributed by atoms with Crippen molar-refractivity contribution >= 4 is 17.6 Å². The number of aliphatic carboxylic acids is 1. The van der Waals surface area contributed by atoms with Gasteiger partial charge in [0.15, 0.2) is 0 Å². The minimum atomic E-state index is -0.994. The smallest absolute Gasteiger partial charge is 0.305 e. The molecule has 1 aromatic carbocycles. The van der Waals surface area contributed by atoms with Gasteiger partial charge in [0.25, 0.3) is 5.69 Å². The van der Waals surface area contributed by atoms with Crippen LogP contribution < -0.4 is 5.32 Å². The van der Waals surface area contributed by atoms with Gasteiger partial charge in [-0.2, -0.15) is 0 Å². The molecule has 0 saturated carbocycles. The van der Waals surface area contributed by atoms with E-state index in [0.717, 1.165) is 0 Å². The van der Waals surface area contributed by atoms with E-state index in [1.807, 2.05) is 0 Å². The summed E-state index contributed by atoms with van der Waals surface area (Å²) in [5.74, 6) is -1.35. The number of amides is 1. The van der Waals surface area contributed by atoms with Crippen LogP contribution in [0.4, 0.5) is 5.69 Å². The first-order valence-electron chi connectivity index (χ1n) is 5.63. The lowest BCUT2D eigenvalue weighted by atomic mass is 10.0. The fourth-order valence-corrected chi connectivity index (χ4v) is 1.60. The highest BCUT2D eigenvalue weighted by Crippen LogP contribution is 2.21. The maximum absolute atomic E-state index is 11.6. The standard InChI is InChI=1S/C12H14N2O5/c1-8-9(3-2-4-10(8)14(18)19)7-11(15)13-6-5-12(16)17/h2-4H,5-7H2,1H3,(H,13,15)(H,16,17). The number of benzene rings is 1. The van der Waals surface area contributed by atoms with Crippen LogP contribution in [0, 0.1) is 17.0 Å². The Kier molecular flexibility index (Phi) is 4.99. The van der Waals surface area contributed by atoms with Gasteiger partial charge in [-0.1, -0.05) is 12.1 Å². The third-order valence-corrected chi connectivity index (χ3v) is 2.63. The monoisotopic (exact) mass is 266 g/mol. The third kappa shape index (κ3) is 4.38. The molecule has 0 bridgehead atoms. The molecule has 0 aliphatic rings. The van der Waals surface area contributed by atoms with Gasteiger partial charge in [0.2, 0.25) is 5.91 Å². The average Bonchev–Trinajstić information content (AvgIpc) is 2.31. The highest BCUT2D eigenvalue weighted by molar-refractivity contribution is 5.79. The summed E-state index contributed by atoms with van der Waals surface area (Å²) in [6, 6.07) is 4.53. The molecule has 0 saturated heterocycles. The van der Waals surface area contributed by atoms with Crippen molar-refractivity contribution in [3.8, 4) is 0 Å². The maximum Gasteiger partial charge on any atom is 0.305 e. The summed E-state index contributed by atoms with van der Waals surface area (Å²) in [4.78, 5) is 32.1. The molecule has 7 heteroatoms. The summed E-state index contributed by atoms with van der Waals surface area (Å²) < 4.78 is 0. The van der Waals surface area contributed by atoms with E-state index < -0.39 is 10.9 Å². The zero-order valence-corrected chi connectivity index (χ0v) is 10.4. The first-order valence-corrected chi connectivity index (χ1v) is 5.63. The molecule has 1 amide bonds. The second-order valence-electron chi connectivity index (χ2n) is 3.99. The molecule has 0 atom stereocenters. The first-order chi connectivity index (χ1) is 8.91. The molecular formula is C12H14N2O5. The fraction of sp³-hybridized carbons (Fsp3) is 0.333. The average molecular weight is 266 g/mol. The molecule has 0 fully saturated rings. The van der Waals surface area contributed by atoms with Crippen molar-refractivity contribution in [3.63, 3.8) is 0 Å². The van der Waals surface area contributed by atoms with Gasteiger partial charge in [0.1, 0.15) is 0 Å². The molecule has 1 aromatic rings. The van der Waals surface area contributed by atoms with Crippen LogP contribution in [-0.4, -0.2) is 28.5 Å². The summed E-state index contributed by atoms with van der Waals surface area (Å²) in [5, 5.41) is 21.6. The Balaban J connectivity index is 2.67. The Hall–Kier alpha value is -2.44. The van der Waals surface area contributed by atoms with Gasteiger partial charge in [-0.15, -0.1) is 0 Å². The van der Waals surface area contributed by atoms with Crippen molar-refractivity contribution in [3.05, 3.63) is 39.4 Å². The number of carbonyl (C=O) groups is 2. The Bertz CT molecular complexity index is 513. The van der Waals surface area contributed by atoms with Crippen LogP contribution in [0.5, 0.6) is 0 Å². The minimum absolute atomic E-state index is 0.00681. The largest absolute Gasteiger partial charge is 0.481 e. The number of nitro groups is 1. The predicted octanol–water partition coefficient (Wildman–Crippen LogP) is 1.04. The van der Waals surface area contributed by atoms with E-state index in [1.165, 1.54) is 12.1 Å². The van der Waals surface area contributed by atoms with Gasteiger partial charge in [0.05, 0.1) is 17.8 Å². The Morgan fingerprint density at radius 2 is 2.11 bits per heavy atom. The number of carbonyl (C=O) groups excluding carboxylic acids is 1. The van der Waals surface area contributed by atoms with Crippen molar-refractivity contribution in [2.75, 3.05) is 6.54 Å². The van der Waals surface area contributed by atoms with Crippen molar-refractivity contribution in [2.24, 2.45) is 0 Å². The lowest BCUT2D eigenvalue weighted by molar-refractivity contribution is -0.385. The molecule has 102 valence electrons. The quantitative estimate of drug-likeness (QED) is 0.590. The molecular weight excluding hydrogens is 252 g/mol. The summed E-state index contributed by atoms with van der Waals surface area (Å²) >= 11 is 0. The van der Waals surface area contributed by atoms with Crippen LogP contribution in [0.1, 0.15) is 17.5 Å². The molecule has 0 radical (unpaired) electrons. The SMILES string of the molecule is Cc1c(CC(=O)NCCC(=O)O)cccc1[N+](=O)[O-]. The van der Waals surface area contributed by atoms with E-state index in [0.29, 0.717) is 11.1 Å². The van der Waals surface area contributed by atoms with Gasteiger partial charge in [-0.05, 0) is 12.5 Å². The molecule has 19 heavy (non-hydrogen) atoms. The lowest BCUT2D eigenvalue weighted by Crippen LogP contribution is -2.27. The second-order valence-corrected chi connectivity index (χ2v) is 3.99. The number of carboxylic acid groups (broad SMARTS) is 1. The number of hydrogen-bond donors (Lipinski definition) is 2. The van der Waals surface area contributed by atoms with E-state index in [1.54, 1.807) is 13.0 Å². The van der Waals surface area contributed by atoms with Crippen LogP contribution >= 0.6 is 0 Å². The van der Waals surface area contributed by atoms with Gasteiger partial charge in [-0.3, -0.25) is 19.7 Å². The summed E-state index contributed by atoms with van der Waals surface area (Å²) in [7, 11) is 0. The summed E-state index contributed by atoms with van der Waals surface area (Å²) in [6.07, 6.45) is -0.160. The number of hydrogen-bond acceptors (Lipinski definition) is 4. The van der Waals surface area contributed by atoms with Crippen molar-refractivity contribution in [2.45, 2.75) is 19.8 Å². The van der Waals surface area contributed by atoms with Crippen molar-refractivity contribution < 1.29 is 19.6 Å². The van der Waals surface area contributed by atoms with Gasteiger partial charge < -0.3 is 10.4 Å². The Morgan fingerprint density at radius 3 is 2.68 bits per heavy atom. The van der Waals surface area contributed by atoms with Crippen molar-refractivity contribution in [1.82, 2.24) is 5.32 Å². The van der Waals surface area contributed by atoms with Gasteiger partial charge in [0, 0.05) is 18.2 Å². The van der Waals surface area contributed by atoms with Crippen LogP contribution in [0.2, 0.25) is 0 Å². The van der Waals surface area contributed by atoms with Crippen LogP contribution in [-0.2, 0) is 16.0 Å². The van der Waals surface area contributed by atoms with Crippen molar-refractivity contribution in [1.29, 1.82) is 0 Å².